The molecule has 2 rings (SSSR count). The van der Waals surface area contributed by atoms with Gasteiger partial charge in [-0.2, -0.15) is 0 Å². The lowest BCUT2D eigenvalue weighted by molar-refractivity contribution is -0.0665. The van der Waals surface area contributed by atoms with E-state index in [0.717, 1.165) is 12.8 Å². The average Bonchev–Trinajstić information content (AvgIpc) is 2.57. The van der Waals surface area contributed by atoms with Gasteiger partial charge in [-0.3, -0.25) is 4.98 Å². The molecule has 15 heavy (non-hydrogen) atoms. The van der Waals surface area contributed by atoms with Crippen LogP contribution in [0.5, 0.6) is 0 Å². The lowest BCUT2D eigenvalue weighted by atomic mass is 10.1. The quantitative estimate of drug-likeness (QED) is 0.761. The van der Waals surface area contributed by atoms with Gasteiger partial charge in [0, 0.05) is 18.8 Å². The van der Waals surface area contributed by atoms with Crippen molar-refractivity contribution in [2.24, 2.45) is 0 Å². The van der Waals surface area contributed by atoms with Crippen LogP contribution in [0.2, 0.25) is 0 Å². The molecule has 0 radical (unpaired) electrons. The number of hydrogen-bond donors (Lipinski definition) is 0. The van der Waals surface area contributed by atoms with Crippen LogP contribution in [0, 0.1) is 0 Å². The van der Waals surface area contributed by atoms with Gasteiger partial charge in [-0.1, -0.05) is 6.07 Å². The van der Waals surface area contributed by atoms with Gasteiger partial charge in [0.15, 0.2) is 6.29 Å². The molecular formula is C12H17NO2. The van der Waals surface area contributed by atoms with E-state index in [1.165, 1.54) is 5.56 Å². The van der Waals surface area contributed by atoms with E-state index < -0.39 is 0 Å². The summed E-state index contributed by atoms with van der Waals surface area (Å²) in [5.41, 5.74) is 1.23. The van der Waals surface area contributed by atoms with Gasteiger partial charge in [-0.25, -0.2) is 0 Å². The van der Waals surface area contributed by atoms with Gasteiger partial charge in [0.05, 0.1) is 12.2 Å². The van der Waals surface area contributed by atoms with Gasteiger partial charge < -0.3 is 9.47 Å². The first-order valence-electron chi connectivity index (χ1n) is 5.45. The third-order valence-electron chi connectivity index (χ3n) is 2.79. The normalized spacial score (nSPS) is 30.7. The van der Waals surface area contributed by atoms with Crippen LogP contribution in [0.4, 0.5) is 0 Å². The van der Waals surface area contributed by atoms with Crippen LogP contribution in [0.15, 0.2) is 24.5 Å². The van der Waals surface area contributed by atoms with Crippen molar-refractivity contribution in [1.82, 2.24) is 4.98 Å². The Morgan fingerprint density at radius 2 is 2.00 bits per heavy atom. The summed E-state index contributed by atoms with van der Waals surface area (Å²) >= 11 is 0. The maximum absolute atomic E-state index is 5.65. The Kier molecular flexibility index (Phi) is 3.34. The first kappa shape index (κ1) is 10.6. The molecule has 1 aliphatic rings. The van der Waals surface area contributed by atoms with Crippen molar-refractivity contribution in [2.75, 3.05) is 0 Å². The topological polar surface area (TPSA) is 31.4 Å². The molecule has 3 nitrogen and oxygen atoms in total. The highest BCUT2D eigenvalue weighted by atomic mass is 16.7. The Bertz CT molecular complexity index is 292. The van der Waals surface area contributed by atoms with E-state index in [9.17, 15) is 0 Å². The first-order chi connectivity index (χ1) is 7.25. The maximum Gasteiger partial charge on any atom is 0.158 e. The van der Waals surface area contributed by atoms with Gasteiger partial charge in [-0.05, 0) is 31.9 Å². The molecule has 1 fully saturated rings. The minimum atomic E-state index is -0.0461. The average molecular weight is 207 g/mol. The van der Waals surface area contributed by atoms with Crippen LogP contribution < -0.4 is 0 Å². The molecule has 1 aromatic heterocycles. The summed E-state index contributed by atoms with van der Waals surface area (Å²) < 4.78 is 11.3. The standard InChI is InChI=1S/C12H17NO2/c1-9-10(2)15-12(14-9)6-5-11-4-3-7-13-8-11/h3-4,7-10,12H,5-6H2,1-2H3. The highest BCUT2D eigenvalue weighted by Gasteiger charge is 2.28. The molecule has 0 spiro atoms. The van der Waals surface area contributed by atoms with Gasteiger partial charge in [0.2, 0.25) is 0 Å². The van der Waals surface area contributed by atoms with Crippen LogP contribution in [-0.2, 0) is 15.9 Å². The van der Waals surface area contributed by atoms with E-state index >= 15 is 0 Å². The number of pyridine rings is 1. The minimum Gasteiger partial charge on any atom is -0.347 e. The predicted octanol–water partition coefficient (Wildman–Crippen LogP) is 2.16. The molecule has 1 aliphatic heterocycles. The zero-order valence-electron chi connectivity index (χ0n) is 9.22. The minimum absolute atomic E-state index is 0.0461. The molecule has 0 saturated carbocycles. The highest BCUT2D eigenvalue weighted by molar-refractivity contribution is 5.08. The van der Waals surface area contributed by atoms with Crippen molar-refractivity contribution in [3.8, 4) is 0 Å². The molecular weight excluding hydrogens is 190 g/mol. The third-order valence-corrected chi connectivity index (χ3v) is 2.79. The van der Waals surface area contributed by atoms with Crippen molar-refractivity contribution in [1.29, 1.82) is 0 Å². The van der Waals surface area contributed by atoms with Gasteiger partial charge >= 0.3 is 0 Å². The summed E-state index contributed by atoms with van der Waals surface area (Å²) in [6.45, 7) is 4.10. The summed E-state index contributed by atoms with van der Waals surface area (Å²) in [4.78, 5) is 4.08. The fourth-order valence-electron chi connectivity index (χ4n) is 1.70. The van der Waals surface area contributed by atoms with Crippen LogP contribution in [0.3, 0.4) is 0 Å². The Morgan fingerprint density at radius 3 is 2.60 bits per heavy atom. The summed E-state index contributed by atoms with van der Waals surface area (Å²) in [6, 6.07) is 4.03. The molecule has 0 amide bonds. The van der Waals surface area contributed by atoms with E-state index in [1.54, 1.807) is 6.20 Å². The first-order valence-corrected chi connectivity index (χ1v) is 5.45. The number of aromatic nitrogens is 1. The lowest BCUT2D eigenvalue weighted by Gasteiger charge is -2.09. The van der Waals surface area contributed by atoms with Crippen LogP contribution in [0.1, 0.15) is 25.8 Å². The second-order valence-corrected chi connectivity index (χ2v) is 4.01. The highest BCUT2D eigenvalue weighted by Crippen LogP contribution is 2.21. The fraction of sp³-hybridized carbons (Fsp3) is 0.583. The lowest BCUT2D eigenvalue weighted by Crippen LogP contribution is -2.13. The van der Waals surface area contributed by atoms with Crippen molar-refractivity contribution in [2.45, 2.75) is 45.2 Å². The van der Waals surface area contributed by atoms with Gasteiger partial charge in [0.25, 0.3) is 0 Å². The van der Waals surface area contributed by atoms with E-state index in [-0.39, 0.29) is 18.5 Å². The molecule has 1 aromatic rings. The molecule has 3 heteroatoms. The number of ether oxygens (including phenoxy) is 2. The molecule has 0 bridgehead atoms. The fourth-order valence-corrected chi connectivity index (χ4v) is 1.70. The largest absolute Gasteiger partial charge is 0.347 e. The number of aryl methyl sites for hydroxylation is 1. The van der Waals surface area contributed by atoms with Gasteiger partial charge in [-0.15, -0.1) is 0 Å². The second-order valence-electron chi connectivity index (χ2n) is 4.01. The number of rotatable bonds is 3. The van der Waals surface area contributed by atoms with E-state index in [4.69, 9.17) is 9.47 Å². The smallest absolute Gasteiger partial charge is 0.158 e. The molecule has 2 heterocycles. The van der Waals surface area contributed by atoms with Crippen LogP contribution >= 0.6 is 0 Å². The second kappa shape index (κ2) is 4.73. The summed E-state index contributed by atoms with van der Waals surface area (Å²) in [6.07, 6.45) is 5.92. The number of hydrogen-bond acceptors (Lipinski definition) is 3. The van der Waals surface area contributed by atoms with Crippen LogP contribution in [0.25, 0.3) is 0 Å². The van der Waals surface area contributed by atoms with Crippen molar-refractivity contribution < 1.29 is 9.47 Å². The number of nitrogens with zero attached hydrogens (tertiary/aromatic N) is 1. The van der Waals surface area contributed by atoms with E-state index in [0.29, 0.717) is 0 Å². The monoisotopic (exact) mass is 207 g/mol. The molecule has 1 saturated heterocycles. The summed E-state index contributed by atoms with van der Waals surface area (Å²) in [7, 11) is 0. The molecule has 82 valence electrons. The van der Waals surface area contributed by atoms with E-state index in [1.807, 2.05) is 12.3 Å². The molecule has 0 aliphatic carbocycles. The maximum atomic E-state index is 5.65. The predicted molar refractivity (Wildman–Crippen MR) is 57.4 cm³/mol. The van der Waals surface area contributed by atoms with Gasteiger partial charge in [0.1, 0.15) is 0 Å². The SMILES string of the molecule is CC1OC(CCc2cccnc2)OC1C. The molecule has 0 N–H and O–H groups in total. The molecule has 2 atom stereocenters. The Morgan fingerprint density at radius 1 is 1.27 bits per heavy atom. The molecule has 2 unspecified atom stereocenters. The Balaban J connectivity index is 1.80. The Labute approximate surface area is 90.4 Å². The zero-order valence-corrected chi connectivity index (χ0v) is 9.22. The van der Waals surface area contributed by atoms with Crippen molar-refractivity contribution in [3.63, 3.8) is 0 Å². The van der Waals surface area contributed by atoms with E-state index in [2.05, 4.69) is 24.9 Å². The summed E-state index contributed by atoms with van der Waals surface area (Å²) in [5, 5.41) is 0. The van der Waals surface area contributed by atoms with Crippen molar-refractivity contribution >= 4 is 0 Å². The van der Waals surface area contributed by atoms with Crippen molar-refractivity contribution in [3.05, 3.63) is 30.1 Å². The Hall–Kier alpha value is -0.930. The zero-order chi connectivity index (χ0) is 10.7. The molecule has 0 aromatic carbocycles. The summed E-state index contributed by atoms with van der Waals surface area (Å²) in [5.74, 6) is 0. The third kappa shape index (κ3) is 2.76. The van der Waals surface area contributed by atoms with Crippen LogP contribution in [-0.4, -0.2) is 23.5 Å².